The summed E-state index contributed by atoms with van der Waals surface area (Å²) in [6.07, 6.45) is 0. The molecular weight excluding hydrogens is 406 g/mol. The van der Waals surface area contributed by atoms with E-state index in [1.165, 1.54) is 12.1 Å². The second-order valence-corrected chi connectivity index (χ2v) is 7.11. The molecule has 1 amide bonds. The van der Waals surface area contributed by atoms with Crippen LogP contribution in [0.1, 0.15) is 16.1 Å². The number of alkyl halides is 2. The number of hydrogen-bond acceptors (Lipinski definition) is 5. The molecule has 0 unspecified atom stereocenters. The van der Waals surface area contributed by atoms with Crippen molar-refractivity contribution >= 4 is 11.6 Å². The van der Waals surface area contributed by atoms with E-state index in [4.69, 9.17) is 4.74 Å². The van der Waals surface area contributed by atoms with Gasteiger partial charge in [-0.1, -0.05) is 12.1 Å². The largest absolute Gasteiger partial charge is 0.435 e. The summed E-state index contributed by atoms with van der Waals surface area (Å²) in [5.74, 6) is -0.260. The average Bonchev–Trinajstić information content (AvgIpc) is 3.25. The van der Waals surface area contributed by atoms with Crippen LogP contribution in [0, 0.1) is 0 Å². The first-order chi connectivity index (χ1) is 15.1. The zero-order valence-electron chi connectivity index (χ0n) is 16.7. The quantitative estimate of drug-likeness (QED) is 0.599. The number of rotatable bonds is 7. The Morgan fingerprint density at radius 3 is 2.68 bits per heavy atom. The topological polar surface area (TPSA) is 79.5 Å². The lowest BCUT2D eigenvalue weighted by atomic mass is 10.1. The second kappa shape index (κ2) is 9.67. The number of nitrogens with zero attached hydrogens (tertiary/aromatic N) is 2. The van der Waals surface area contributed by atoms with Crippen LogP contribution in [-0.4, -0.2) is 53.9 Å². The molecule has 4 rings (SSSR count). The molecule has 1 aromatic heterocycles. The highest BCUT2D eigenvalue weighted by Crippen LogP contribution is 2.23. The number of benzene rings is 2. The number of aromatic amines is 1. The maximum Gasteiger partial charge on any atom is 0.387 e. The molecule has 2 N–H and O–H groups in total. The van der Waals surface area contributed by atoms with Crippen molar-refractivity contribution in [3.8, 4) is 17.0 Å². The predicted molar refractivity (Wildman–Crippen MR) is 111 cm³/mol. The fraction of sp³-hybridized carbons (Fsp3) is 0.273. The van der Waals surface area contributed by atoms with E-state index >= 15 is 0 Å². The summed E-state index contributed by atoms with van der Waals surface area (Å²) >= 11 is 0. The smallest absolute Gasteiger partial charge is 0.387 e. The number of carbonyl (C=O) groups excluding carboxylic acids is 1. The number of aromatic nitrogens is 2. The number of morpholine rings is 1. The van der Waals surface area contributed by atoms with Crippen LogP contribution in [-0.2, 0) is 11.3 Å². The zero-order valence-corrected chi connectivity index (χ0v) is 16.7. The van der Waals surface area contributed by atoms with Crippen molar-refractivity contribution in [3.05, 3.63) is 65.9 Å². The summed E-state index contributed by atoms with van der Waals surface area (Å²) in [5, 5.41) is 9.73. The number of halogens is 2. The van der Waals surface area contributed by atoms with E-state index in [-0.39, 0.29) is 11.7 Å². The van der Waals surface area contributed by atoms with Gasteiger partial charge in [0.2, 0.25) is 0 Å². The Morgan fingerprint density at radius 1 is 1.16 bits per heavy atom. The van der Waals surface area contributed by atoms with Gasteiger partial charge < -0.3 is 14.8 Å². The molecule has 1 aliphatic rings. The molecule has 0 radical (unpaired) electrons. The van der Waals surface area contributed by atoms with E-state index in [1.54, 1.807) is 18.2 Å². The van der Waals surface area contributed by atoms with Gasteiger partial charge in [0, 0.05) is 30.9 Å². The lowest BCUT2D eigenvalue weighted by molar-refractivity contribution is -0.0498. The minimum Gasteiger partial charge on any atom is -0.435 e. The monoisotopic (exact) mass is 428 g/mol. The molecule has 1 fully saturated rings. The van der Waals surface area contributed by atoms with Gasteiger partial charge in [-0.3, -0.25) is 14.8 Å². The van der Waals surface area contributed by atoms with Crippen molar-refractivity contribution in [2.24, 2.45) is 0 Å². The Balaban J connectivity index is 1.39. The zero-order chi connectivity index (χ0) is 21.6. The van der Waals surface area contributed by atoms with E-state index in [2.05, 4.69) is 25.2 Å². The van der Waals surface area contributed by atoms with Gasteiger partial charge >= 0.3 is 6.61 Å². The second-order valence-electron chi connectivity index (χ2n) is 7.11. The number of nitrogens with one attached hydrogen (secondary N) is 2. The van der Waals surface area contributed by atoms with Crippen molar-refractivity contribution < 1.29 is 23.0 Å². The maximum absolute atomic E-state index is 12.6. The molecule has 1 aliphatic heterocycles. The van der Waals surface area contributed by atoms with Crippen molar-refractivity contribution in [1.82, 2.24) is 15.1 Å². The van der Waals surface area contributed by atoms with Crippen molar-refractivity contribution in [2.45, 2.75) is 13.2 Å². The van der Waals surface area contributed by atoms with Crippen LogP contribution in [0.25, 0.3) is 11.3 Å². The van der Waals surface area contributed by atoms with Crippen molar-refractivity contribution in [3.63, 3.8) is 0 Å². The molecule has 9 heteroatoms. The normalized spacial score (nSPS) is 14.5. The minimum absolute atomic E-state index is 0.0595. The van der Waals surface area contributed by atoms with Crippen LogP contribution in [0.2, 0.25) is 0 Å². The third-order valence-electron chi connectivity index (χ3n) is 4.89. The van der Waals surface area contributed by atoms with E-state index in [0.29, 0.717) is 22.6 Å². The number of amides is 1. The average molecular weight is 428 g/mol. The van der Waals surface area contributed by atoms with Gasteiger partial charge in [0.25, 0.3) is 5.91 Å². The van der Waals surface area contributed by atoms with Crippen molar-refractivity contribution in [2.75, 3.05) is 31.6 Å². The van der Waals surface area contributed by atoms with Crippen LogP contribution in [0.15, 0.2) is 54.6 Å². The summed E-state index contributed by atoms with van der Waals surface area (Å²) < 4.78 is 34.2. The SMILES string of the molecule is O=C(Nc1cccc(CN2CCOCC2)c1)c1cc(-c2ccc(OC(F)F)cc2)n[nH]1. The Bertz CT molecular complexity index is 1020. The highest BCUT2D eigenvalue weighted by Gasteiger charge is 2.14. The van der Waals surface area contributed by atoms with Crippen LogP contribution >= 0.6 is 0 Å². The molecule has 2 heterocycles. The number of H-pyrrole nitrogens is 1. The van der Waals surface area contributed by atoms with Crippen LogP contribution in [0.3, 0.4) is 0 Å². The molecule has 7 nitrogen and oxygen atoms in total. The number of hydrogen-bond donors (Lipinski definition) is 2. The molecule has 0 atom stereocenters. The Labute approximate surface area is 178 Å². The molecule has 2 aromatic carbocycles. The van der Waals surface area contributed by atoms with Gasteiger partial charge in [0.1, 0.15) is 11.4 Å². The first-order valence-electron chi connectivity index (χ1n) is 9.88. The first kappa shape index (κ1) is 21.0. The molecule has 31 heavy (non-hydrogen) atoms. The van der Waals surface area contributed by atoms with Gasteiger partial charge in [0.15, 0.2) is 0 Å². The molecule has 0 bridgehead atoms. The highest BCUT2D eigenvalue weighted by atomic mass is 19.3. The summed E-state index contributed by atoms with van der Waals surface area (Å²) in [6, 6.07) is 15.4. The summed E-state index contributed by atoms with van der Waals surface area (Å²) in [4.78, 5) is 14.9. The van der Waals surface area contributed by atoms with Gasteiger partial charge in [-0.2, -0.15) is 13.9 Å². The van der Waals surface area contributed by atoms with E-state index in [0.717, 1.165) is 38.4 Å². The molecule has 0 aliphatic carbocycles. The van der Waals surface area contributed by atoms with Gasteiger partial charge in [0.05, 0.1) is 18.9 Å². The third kappa shape index (κ3) is 5.65. The lowest BCUT2D eigenvalue weighted by Gasteiger charge is -2.26. The third-order valence-corrected chi connectivity index (χ3v) is 4.89. The fourth-order valence-corrected chi connectivity index (χ4v) is 3.36. The molecule has 0 saturated carbocycles. The number of carbonyl (C=O) groups is 1. The summed E-state index contributed by atoms with van der Waals surface area (Å²) in [6.45, 7) is 1.18. The molecule has 0 spiro atoms. The van der Waals surface area contributed by atoms with E-state index < -0.39 is 6.61 Å². The molecule has 1 saturated heterocycles. The fourth-order valence-electron chi connectivity index (χ4n) is 3.36. The Kier molecular flexibility index (Phi) is 6.54. The first-order valence-corrected chi connectivity index (χ1v) is 9.88. The van der Waals surface area contributed by atoms with Crippen LogP contribution < -0.4 is 10.1 Å². The van der Waals surface area contributed by atoms with Gasteiger partial charge in [-0.05, 0) is 48.0 Å². The lowest BCUT2D eigenvalue weighted by Crippen LogP contribution is -2.35. The standard InChI is InChI=1S/C22H22F2N4O3/c23-22(24)31-18-6-4-16(5-7-18)19-13-20(27-26-19)21(29)25-17-3-1-2-15(12-17)14-28-8-10-30-11-9-28/h1-7,12-13,22H,8-11,14H2,(H,25,29)(H,26,27). The van der Waals surface area contributed by atoms with Gasteiger partial charge in [-0.15, -0.1) is 0 Å². The van der Waals surface area contributed by atoms with Crippen molar-refractivity contribution in [1.29, 1.82) is 0 Å². The van der Waals surface area contributed by atoms with Crippen LogP contribution in [0.4, 0.5) is 14.5 Å². The Hall–Kier alpha value is -3.30. The summed E-state index contributed by atoms with van der Waals surface area (Å²) in [7, 11) is 0. The maximum atomic E-state index is 12.6. The molecule has 162 valence electrons. The number of ether oxygens (including phenoxy) is 2. The summed E-state index contributed by atoms with van der Waals surface area (Å²) in [5.41, 5.74) is 3.29. The number of anilines is 1. The van der Waals surface area contributed by atoms with Crippen LogP contribution in [0.5, 0.6) is 5.75 Å². The highest BCUT2D eigenvalue weighted by molar-refractivity contribution is 6.03. The van der Waals surface area contributed by atoms with E-state index in [1.807, 2.05) is 24.3 Å². The Morgan fingerprint density at radius 2 is 1.94 bits per heavy atom. The predicted octanol–water partition coefficient (Wildman–Crippen LogP) is 3.76. The molecular formula is C22H22F2N4O3. The van der Waals surface area contributed by atoms with Gasteiger partial charge in [-0.25, -0.2) is 0 Å². The molecule has 3 aromatic rings. The van der Waals surface area contributed by atoms with E-state index in [9.17, 15) is 13.6 Å². The minimum atomic E-state index is -2.88.